The van der Waals surface area contributed by atoms with E-state index in [4.69, 9.17) is 10.2 Å². The van der Waals surface area contributed by atoms with Crippen LogP contribution in [0.2, 0.25) is 0 Å². The maximum absolute atomic E-state index is 12.5. The van der Waals surface area contributed by atoms with Crippen LogP contribution >= 0.6 is 0 Å². The fourth-order valence-electron chi connectivity index (χ4n) is 3.28. The van der Waals surface area contributed by atoms with Crippen molar-refractivity contribution in [2.75, 3.05) is 12.3 Å². The molecule has 3 aromatic heterocycles. The average Bonchev–Trinajstić information content (AvgIpc) is 3.32. The van der Waals surface area contributed by atoms with Crippen molar-refractivity contribution in [3.05, 3.63) is 58.7 Å². The molecule has 0 unspecified atom stereocenters. The maximum atomic E-state index is 12.5. The molecule has 0 fully saturated rings. The van der Waals surface area contributed by atoms with Gasteiger partial charge in [-0.1, -0.05) is 17.7 Å². The number of nitrogen functional groups attached to an aromatic ring is 1. The van der Waals surface area contributed by atoms with Gasteiger partial charge in [0.15, 0.2) is 0 Å². The van der Waals surface area contributed by atoms with Crippen molar-refractivity contribution in [3.63, 3.8) is 0 Å². The number of rotatable bonds is 6. The minimum absolute atomic E-state index is 0.0994. The average molecular weight is 405 g/mol. The highest BCUT2D eigenvalue weighted by Gasteiger charge is 2.15. The minimum Gasteiger partial charge on any atom is -0.444 e. The van der Waals surface area contributed by atoms with Gasteiger partial charge in [0.2, 0.25) is 17.7 Å². The summed E-state index contributed by atoms with van der Waals surface area (Å²) in [5, 5.41) is 7.05. The molecular weight excluding hydrogens is 382 g/mol. The number of nitrogens with one attached hydrogen (secondary N) is 1. The third-order valence-corrected chi connectivity index (χ3v) is 4.96. The van der Waals surface area contributed by atoms with Gasteiger partial charge in [-0.3, -0.25) is 4.79 Å². The van der Waals surface area contributed by atoms with Crippen LogP contribution in [0.5, 0.6) is 0 Å². The molecule has 0 bridgehead atoms. The minimum atomic E-state index is -0.0994. The Morgan fingerprint density at radius 2 is 1.90 bits per heavy atom. The second-order valence-corrected chi connectivity index (χ2v) is 7.23. The SMILES string of the molecule is Cc1ccc(-c2nc(CCNC(=O)Cc3c(C)nc4nc(N)nn4c3C)co2)cc1. The lowest BCUT2D eigenvalue weighted by atomic mass is 10.1. The number of carbonyl (C=O) groups excluding carboxylic acids is 1. The van der Waals surface area contributed by atoms with Crippen LogP contribution in [-0.4, -0.2) is 37.0 Å². The molecule has 3 heterocycles. The summed E-state index contributed by atoms with van der Waals surface area (Å²) < 4.78 is 7.12. The Morgan fingerprint density at radius 3 is 2.67 bits per heavy atom. The Hall–Kier alpha value is -3.75. The van der Waals surface area contributed by atoms with Gasteiger partial charge < -0.3 is 15.5 Å². The first-order chi connectivity index (χ1) is 14.4. The normalized spacial score (nSPS) is 11.2. The van der Waals surface area contributed by atoms with Crippen LogP contribution in [0.3, 0.4) is 0 Å². The van der Waals surface area contributed by atoms with Gasteiger partial charge in [0.1, 0.15) is 6.26 Å². The van der Waals surface area contributed by atoms with E-state index in [9.17, 15) is 4.79 Å². The number of aromatic nitrogens is 5. The summed E-state index contributed by atoms with van der Waals surface area (Å²) in [5.74, 6) is 1.07. The van der Waals surface area contributed by atoms with E-state index in [2.05, 4.69) is 25.4 Å². The molecule has 0 atom stereocenters. The largest absolute Gasteiger partial charge is 0.444 e. The van der Waals surface area contributed by atoms with E-state index in [0.717, 1.165) is 28.2 Å². The van der Waals surface area contributed by atoms with Gasteiger partial charge in [-0.05, 0) is 32.9 Å². The van der Waals surface area contributed by atoms with Crippen molar-refractivity contribution in [1.82, 2.24) is 29.9 Å². The van der Waals surface area contributed by atoms with E-state index >= 15 is 0 Å². The fraction of sp³-hybridized carbons (Fsp3) is 0.286. The summed E-state index contributed by atoms with van der Waals surface area (Å²) in [6, 6.07) is 7.99. The van der Waals surface area contributed by atoms with E-state index in [0.29, 0.717) is 24.6 Å². The van der Waals surface area contributed by atoms with Crippen LogP contribution in [0.4, 0.5) is 5.95 Å². The third kappa shape index (κ3) is 4.00. The zero-order valence-corrected chi connectivity index (χ0v) is 17.1. The molecule has 30 heavy (non-hydrogen) atoms. The Labute approximate surface area is 173 Å². The smallest absolute Gasteiger partial charge is 0.254 e. The van der Waals surface area contributed by atoms with Crippen LogP contribution in [0.15, 0.2) is 34.9 Å². The number of nitrogens with two attached hydrogens (primary N) is 1. The molecule has 154 valence electrons. The highest BCUT2D eigenvalue weighted by atomic mass is 16.3. The predicted molar refractivity (Wildman–Crippen MR) is 112 cm³/mol. The number of hydrogen-bond acceptors (Lipinski definition) is 7. The summed E-state index contributed by atoms with van der Waals surface area (Å²) in [6.07, 6.45) is 2.41. The van der Waals surface area contributed by atoms with Gasteiger partial charge >= 0.3 is 0 Å². The predicted octanol–water partition coefficient (Wildman–Crippen LogP) is 2.19. The zero-order valence-electron chi connectivity index (χ0n) is 17.1. The molecule has 0 saturated heterocycles. The number of amides is 1. The molecule has 0 aliphatic carbocycles. The highest BCUT2D eigenvalue weighted by Crippen LogP contribution is 2.19. The first-order valence-electron chi connectivity index (χ1n) is 9.67. The van der Waals surface area contributed by atoms with Crippen molar-refractivity contribution in [2.24, 2.45) is 0 Å². The molecule has 1 amide bonds. The van der Waals surface area contributed by atoms with Crippen molar-refractivity contribution < 1.29 is 9.21 Å². The van der Waals surface area contributed by atoms with Crippen molar-refractivity contribution in [2.45, 2.75) is 33.6 Å². The number of nitrogens with zero attached hydrogens (tertiary/aromatic N) is 5. The van der Waals surface area contributed by atoms with E-state index < -0.39 is 0 Å². The summed E-state index contributed by atoms with van der Waals surface area (Å²) in [7, 11) is 0. The molecule has 4 rings (SSSR count). The molecule has 9 heteroatoms. The Balaban J connectivity index is 1.36. The molecule has 0 aliphatic rings. The molecule has 4 aromatic rings. The topological polar surface area (TPSA) is 124 Å². The molecule has 0 saturated carbocycles. The lowest BCUT2D eigenvalue weighted by Gasteiger charge is -2.10. The molecule has 1 aromatic carbocycles. The Bertz CT molecular complexity index is 1210. The lowest BCUT2D eigenvalue weighted by molar-refractivity contribution is -0.120. The monoisotopic (exact) mass is 405 g/mol. The van der Waals surface area contributed by atoms with Crippen LogP contribution in [0, 0.1) is 20.8 Å². The highest BCUT2D eigenvalue weighted by molar-refractivity contribution is 5.79. The van der Waals surface area contributed by atoms with Crippen LogP contribution in [0.25, 0.3) is 17.2 Å². The number of oxazole rings is 1. The lowest BCUT2D eigenvalue weighted by Crippen LogP contribution is -2.28. The number of hydrogen-bond donors (Lipinski definition) is 2. The number of anilines is 1. The summed E-state index contributed by atoms with van der Waals surface area (Å²) in [4.78, 5) is 25.4. The standard InChI is InChI=1S/C21H23N7O2/c1-12-4-6-15(7-5-12)19-25-16(11-30-19)8-9-23-18(29)10-17-13(2)24-21-26-20(22)27-28(21)14(17)3/h4-7,11H,8-10H2,1-3H3,(H2,22,27)(H,23,29). The van der Waals surface area contributed by atoms with Crippen molar-refractivity contribution in [1.29, 1.82) is 0 Å². The second-order valence-electron chi connectivity index (χ2n) is 7.23. The number of fused-ring (bicyclic) bond motifs is 1. The number of aryl methyl sites for hydroxylation is 3. The van der Waals surface area contributed by atoms with Crippen LogP contribution in [-0.2, 0) is 17.6 Å². The van der Waals surface area contributed by atoms with Crippen LogP contribution in [0.1, 0.15) is 28.2 Å². The van der Waals surface area contributed by atoms with Crippen molar-refractivity contribution in [3.8, 4) is 11.5 Å². The van der Waals surface area contributed by atoms with E-state index in [1.807, 2.05) is 45.0 Å². The van der Waals surface area contributed by atoms with E-state index in [-0.39, 0.29) is 18.3 Å². The quantitative estimate of drug-likeness (QED) is 0.504. The fourth-order valence-corrected chi connectivity index (χ4v) is 3.28. The molecule has 9 nitrogen and oxygen atoms in total. The molecule has 0 spiro atoms. The van der Waals surface area contributed by atoms with Gasteiger partial charge in [-0.25, -0.2) is 9.97 Å². The Kier molecular flexibility index (Phi) is 5.18. The maximum Gasteiger partial charge on any atom is 0.254 e. The van der Waals surface area contributed by atoms with Gasteiger partial charge in [0, 0.05) is 35.5 Å². The van der Waals surface area contributed by atoms with Gasteiger partial charge in [-0.15, -0.1) is 5.10 Å². The Morgan fingerprint density at radius 1 is 1.13 bits per heavy atom. The van der Waals surface area contributed by atoms with Crippen molar-refractivity contribution >= 4 is 17.6 Å². The number of benzene rings is 1. The third-order valence-electron chi connectivity index (χ3n) is 4.96. The first-order valence-corrected chi connectivity index (χ1v) is 9.67. The molecular formula is C21H23N7O2. The van der Waals surface area contributed by atoms with Gasteiger partial charge in [-0.2, -0.15) is 9.50 Å². The summed E-state index contributed by atoms with van der Waals surface area (Å²) in [6.45, 7) is 6.22. The number of carbonyl (C=O) groups is 1. The zero-order chi connectivity index (χ0) is 21.3. The second kappa shape index (κ2) is 7.94. The summed E-state index contributed by atoms with van der Waals surface area (Å²) in [5.41, 5.74) is 10.9. The van der Waals surface area contributed by atoms with E-state index in [1.165, 1.54) is 5.56 Å². The van der Waals surface area contributed by atoms with Gasteiger partial charge in [0.25, 0.3) is 5.78 Å². The van der Waals surface area contributed by atoms with Crippen LogP contribution < -0.4 is 11.1 Å². The molecule has 0 radical (unpaired) electrons. The molecule has 3 N–H and O–H groups in total. The molecule has 0 aliphatic heterocycles. The van der Waals surface area contributed by atoms with Gasteiger partial charge in [0.05, 0.1) is 12.1 Å². The first kappa shape index (κ1) is 19.6. The van der Waals surface area contributed by atoms with E-state index in [1.54, 1.807) is 10.8 Å². The summed E-state index contributed by atoms with van der Waals surface area (Å²) >= 11 is 0.